The SMILES string of the molecule is CC(C)COC(=O)c1ccccc1OC(C)C. The van der Waals surface area contributed by atoms with Crippen LogP contribution in [-0.4, -0.2) is 18.7 Å². The van der Waals surface area contributed by atoms with Crippen LogP contribution < -0.4 is 4.74 Å². The maximum absolute atomic E-state index is 11.8. The van der Waals surface area contributed by atoms with E-state index < -0.39 is 0 Å². The van der Waals surface area contributed by atoms with E-state index in [0.29, 0.717) is 23.8 Å². The highest BCUT2D eigenvalue weighted by Gasteiger charge is 2.14. The molecule has 0 aliphatic rings. The second-order valence-electron chi connectivity index (χ2n) is 4.66. The van der Waals surface area contributed by atoms with Crippen molar-refractivity contribution in [2.45, 2.75) is 33.8 Å². The Bertz CT molecular complexity index is 369. The Kier molecular flexibility index (Phi) is 5.01. The van der Waals surface area contributed by atoms with Crippen LogP contribution in [0.1, 0.15) is 38.1 Å². The second-order valence-corrected chi connectivity index (χ2v) is 4.66. The summed E-state index contributed by atoms with van der Waals surface area (Å²) in [6.07, 6.45) is 0.0362. The van der Waals surface area contributed by atoms with Crippen LogP contribution in [0.3, 0.4) is 0 Å². The van der Waals surface area contributed by atoms with Crippen LogP contribution in [0, 0.1) is 5.92 Å². The number of esters is 1. The number of carbonyl (C=O) groups is 1. The smallest absolute Gasteiger partial charge is 0.341 e. The molecule has 0 fully saturated rings. The summed E-state index contributed by atoms with van der Waals surface area (Å²) in [4.78, 5) is 11.8. The molecule has 0 spiro atoms. The van der Waals surface area contributed by atoms with Gasteiger partial charge in [0.2, 0.25) is 0 Å². The molecule has 0 bridgehead atoms. The first-order valence-electron chi connectivity index (χ1n) is 5.93. The van der Waals surface area contributed by atoms with E-state index in [1.165, 1.54) is 0 Å². The van der Waals surface area contributed by atoms with Crippen LogP contribution in [0.15, 0.2) is 24.3 Å². The maximum Gasteiger partial charge on any atom is 0.341 e. The Labute approximate surface area is 103 Å². The molecule has 17 heavy (non-hydrogen) atoms. The molecule has 1 rings (SSSR count). The zero-order valence-electron chi connectivity index (χ0n) is 10.9. The fourth-order valence-electron chi connectivity index (χ4n) is 1.31. The number of hydrogen-bond donors (Lipinski definition) is 0. The molecule has 0 amide bonds. The van der Waals surface area contributed by atoms with Gasteiger partial charge in [-0.15, -0.1) is 0 Å². The summed E-state index contributed by atoms with van der Waals surface area (Å²) in [5.74, 6) is 0.586. The van der Waals surface area contributed by atoms with E-state index in [2.05, 4.69) is 0 Å². The number of rotatable bonds is 5. The highest BCUT2D eigenvalue weighted by atomic mass is 16.5. The van der Waals surface area contributed by atoms with Gasteiger partial charge < -0.3 is 9.47 Å². The highest BCUT2D eigenvalue weighted by molar-refractivity contribution is 5.92. The van der Waals surface area contributed by atoms with Gasteiger partial charge in [0.25, 0.3) is 0 Å². The molecule has 3 heteroatoms. The molecule has 0 aliphatic heterocycles. The predicted octanol–water partition coefficient (Wildman–Crippen LogP) is 3.29. The first kappa shape index (κ1) is 13.6. The van der Waals surface area contributed by atoms with Crippen LogP contribution in [0.2, 0.25) is 0 Å². The quantitative estimate of drug-likeness (QED) is 0.736. The van der Waals surface area contributed by atoms with Gasteiger partial charge >= 0.3 is 5.97 Å². The van der Waals surface area contributed by atoms with Crippen LogP contribution in [0.25, 0.3) is 0 Å². The molecular formula is C14H20O3. The highest BCUT2D eigenvalue weighted by Crippen LogP contribution is 2.20. The fourth-order valence-corrected chi connectivity index (χ4v) is 1.31. The summed E-state index contributed by atoms with van der Waals surface area (Å²) in [7, 11) is 0. The largest absolute Gasteiger partial charge is 0.490 e. The van der Waals surface area contributed by atoms with Gasteiger partial charge in [-0.05, 0) is 31.9 Å². The molecule has 0 radical (unpaired) electrons. The van der Waals surface area contributed by atoms with Gasteiger partial charge in [0.05, 0.1) is 12.7 Å². The molecule has 3 nitrogen and oxygen atoms in total. The molecule has 0 N–H and O–H groups in total. The molecule has 0 aromatic heterocycles. The lowest BCUT2D eigenvalue weighted by atomic mass is 10.2. The van der Waals surface area contributed by atoms with Crippen molar-refractivity contribution in [1.29, 1.82) is 0 Å². The standard InChI is InChI=1S/C14H20O3/c1-10(2)9-16-14(15)12-7-5-6-8-13(12)17-11(3)4/h5-8,10-11H,9H2,1-4H3. The molecule has 94 valence electrons. The molecule has 1 aromatic carbocycles. The third kappa shape index (κ3) is 4.47. The summed E-state index contributed by atoms with van der Waals surface area (Å²) in [6, 6.07) is 7.16. The van der Waals surface area contributed by atoms with E-state index in [4.69, 9.17) is 9.47 Å². The van der Waals surface area contributed by atoms with Crippen molar-refractivity contribution in [1.82, 2.24) is 0 Å². The van der Waals surface area contributed by atoms with Gasteiger partial charge in [-0.1, -0.05) is 26.0 Å². The van der Waals surface area contributed by atoms with Crippen molar-refractivity contribution in [2.24, 2.45) is 5.92 Å². The average molecular weight is 236 g/mol. The van der Waals surface area contributed by atoms with Crippen LogP contribution >= 0.6 is 0 Å². The average Bonchev–Trinajstić information content (AvgIpc) is 2.25. The normalized spacial score (nSPS) is 10.7. The first-order valence-corrected chi connectivity index (χ1v) is 5.93. The Morgan fingerprint density at radius 3 is 2.41 bits per heavy atom. The van der Waals surface area contributed by atoms with E-state index in [0.717, 1.165) is 0 Å². The Morgan fingerprint density at radius 2 is 1.82 bits per heavy atom. The topological polar surface area (TPSA) is 35.5 Å². The summed E-state index contributed by atoms with van der Waals surface area (Å²) >= 11 is 0. The number of para-hydroxylation sites is 1. The number of ether oxygens (including phenoxy) is 2. The van der Waals surface area contributed by atoms with Gasteiger partial charge in [-0.25, -0.2) is 4.79 Å². The lowest BCUT2D eigenvalue weighted by Gasteiger charge is -2.14. The van der Waals surface area contributed by atoms with Crippen molar-refractivity contribution in [3.05, 3.63) is 29.8 Å². The van der Waals surface area contributed by atoms with Crippen molar-refractivity contribution in [2.75, 3.05) is 6.61 Å². The second kappa shape index (κ2) is 6.28. The van der Waals surface area contributed by atoms with Crippen molar-refractivity contribution >= 4 is 5.97 Å². The fraction of sp³-hybridized carbons (Fsp3) is 0.500. The minimum Gasteiger partial charge on any atom is -0.490 e. The minimum atomic E-state index is -0.324. The maximum atomic E-state index is 11.8. The molecular weight excluding hydrogens is 216 g/mol. The molecule has 0 saturated heterocycles. The summed E-state index contributed by atoms with van der Waals surface area (Å²) in [5, 5.41) is 0. The Hall–Kier alpha value is -1.51. The van der Waals surface area contributed by atoms with Gasteiger partial charge in [-0.2, -0.15) is 0 Å². The minimum absolute atomic E-state index is 0.0362. The first-order chi connectivity index (χ1) is 8.00. The monoisotopic (exact) mass is 236 g/mol. The number of hydrogen-bond acceptors (Lipinski definition) is 3. The van der Waals surface area contributed by atoms with Crippen molar-refractivity contribution < 1.29 is 14.3 Å². The van der Waals surface area contributed by atoms with E-state index in [9.17, 15) is 4.79 Å². The molecule has 0 heterocycles. The zero-order valence-corrected chi connectivity index (χ0v) is 10.9. The third-order valence-corrected chi connectivity index (χ3v) is 2.02. The third-order valence-electron chi connectivity index (χ3n) is 2.02. The van der Waals surface area contributed by atoms with Crippen molar-refractivity contribution in [3.63, 3.8) is 0 Å². The molecule has 1 aromatic rings. The van der Waals surface area contributed by atoms with E-state index in [1.807, 2.05) is 33.8 Å². The predicted molar refractivity (Wildman–Crippen MR) is 67.3 cm³/mol. The van der Waals surface area contributed by atoms with Crippen LogP contribution in [-0.2, 0) is 4.74 Å². The number of carbonyl (C=O) groups excluding carboxylic acids is 1. The molecule has 0 aliphatic carbocycles. The molecule has 0 saturated carbocycles. The summed E-state index contributed by atoms with van der Waals surface area (Å²) < 4.78 is 10.8. The van der Waals surface area contributed by atoms with Crippen molar-refractivity contribution in [3.8, 4) is 5.75 Å². The molecule has 0 unspecified atom stereocenters. The Morgan fingerprint density at radius 1 is 1.18 bits per heavy atom. The summed E-state index contributed by atoms with van der Waals surface area (Å²) in [6.45, 7) is 8.29. The van der Waals surface area contributed by atoms with E-state index in [-0.39, 0.29) is 12.1 Å². The van der Waals surface area contributed by atoms with Crippen LogP contribution in [0.5, 0.6) is 5.75 Å². The summed E-state index contributed by atoms with van der Waals surface area (Å²) in [5.41, 5.74) is 0.488. The zero-order chi connectivity index (χ0) is 12.8. The molecule has 0 atom stereocenters. The Balaban J connectivity index is 2.78. The van der Waals surface area contributed by atoms with Gasteiger partial charge in [0.1, 0.15) is 11.3 Å². The van der Waals surface area contributed by atoms with Gasteiger partial charge in [-0.3, -0.25) is 0 Å². The van der Waals surface area contributed by atoms with E-state index in [1.54, 1.807) is 18.2 Å². The number of benzene rings is 1. The lowest BCUT2D eigenvalue weighted by Crippen LogP contribution is -2.14. The lowest BCUT2D eigenvalue weighted by molar-refractivity contribution is 0.0453. The van der Waals surface area contributed by atoms with Crippen LogP contribution in [0.4, 0.5) is 0 Å². The van der Waals surface area contributed by atoms with E-state index >= 15 is 0 Å². The van der Waals surface area contributed by atoms with Gasteiger partial charge in [0.15, 0.2) is 0 Å². The van der Waals surface area contributed by atoms with Gasteiger partial charge in [0, 0.05) is 0 Å².